The lowest BCUT2D eigenvalue weighted by Gasteiger charge is -2.20. The van der Waals surface area contributed by atoms with Crippen LogP contribution in [0.1, 0.15) is 58.8 Å². The normalized spacial score (nSPS) is 14.4. The zero-order valence-electron chi connectivity index (χ0n) is 13.8. The number of pyridine rings is 1. The van der Waals surface area contributed by atoms with E-state index in [1.54, 1.807) is 24.3 Å². The van der Waals surface area contributed by atoms with Gasteiger partial charge in [-0.25, -0.2) is 0 Å². The first-order chi connectivity index (χ1) is 12.0. The van der Waals surface area contributed by atoms with Crippen LogP contribution < -0.4 is 5.56 Å². The Hall–Kier alpha value is -2.58. The maximum atomic E-state index is 12.9. The Morgan fingerprint density at radius 1 is 1.28 bits per heavy atom. The second kappa shape index (κ2) is 6.73. The second-order valence-corrected chi connectivity index (χ2v) is 6.70. The number of halogens is 1. The van der Waals surface area contributed by atoms with E-state index in [0.717, 1.165) is 25.7 Å². The van der Waals surface area contributed by atoms with Gasteiger partial charge >= 0.3 is 0 Å². The molecule has 1 aromatic heterocycles. The molecule has 1 aliphatic carbocycles. The van der Waals surface area contributed by atoms with Crippen LogP contribution >= 0.6 is 11.6 Å². The first kappa shape index (κ1) is 17.2. The van der Waals surface area contributed by atoms with Crippen LogP contribution in [0.2, 0.25) is 5.02 Å². The Morgan fingerprint density at radius 2 is 1.88 bits per heavy atom. The van der Waals surface area contributed by atoms with Crippen molar-refractivity contribution in [1.29, 1.82) is 5.26 Å². The van der Waals surface area contributed by atoms with Crippen molar-refractivity contribution in [3.8, 4) is 11.9 Å². The molecule has 1 saturated carbocycles. The van der Waals surface area contributed by atoms with Gasteiger partial charge in [-0.15, -0.1) is 0 Å². The molecule has 1 fully saturated rings. The Labute approximate surface area is 150 Å². The van der Waals surface area contributed by atoms with Gasteiger partial charge in [0, 0.05) is 16.6 Å². The van der Waals surface area contributed by atoms with E-state index in [1.165, 1.54) is 11.5 Å². The van der Waals surface area contributed by atoms with Gasteiger partial charge in [-0.05, 0) is 49.6 Å². The number of carbonyl (C=O) groups excluding carboxylic acids is 1. The Bertz CT molecular complexity index is 933. The standard InChI is InChI=1S/C19H17ClN2O3/c1-11-15(10-21)18(24)22(14-4-2-3-5-14)19(25)16(11)17(23)12-6-8-13(20)9-7-12/h6-9,14,25H,2-5H2,1H3. The average molecular weight is 357 g/mol. The summed E-state index contributed by atoms with van der Waals surface area (Å²) in [6.07, 6.45) is 3.39. The van der Waals surface area contributed by atoms with Crippen LogP contribution in [0.15, 0.2) is 29.1 Å². The molecule has 6 heteroatoms. The van der Waals surface area contributed by atoms with Gasteiger partial charge in [-0.2, -0.15) is 5.26 Å². The number of aromatic hydroxyl groups is 1. The summed E-state index contributed by atoms with van der Waals surface area (Å²) in [6, 6.07) is 7.99. The fraction of sp³-hybridized carbons (Fsp3) is 0.316. The molecule has 1 N–H and O–H groups in total. The predicted molar refractivity (Wildman–Crippen MR) is 94.2 cm³/mol. The van der Waals surface area contributed by atoms with Crippen LogP contribution in [0, 0.1) is 18.3 Å². The largest absolute Gasteiger partial charge is 0.494 e. The quantitative estimate of drug-likeness (QED) is 0.849. The summed E-state index contributed by atoms with van der Waals surface area (Å²) >= 11 is 5.86. The average Bonchev–Trinajstić information content (AvgIpc) is 3.10. The van der Waals surface area contributed by atoms with Crippen LogP contribution in [0.5, 0.6) is 5.88 Å². The predicted octanol–water partition coefficient (Wildman–Crippen LogP) is 3.73. The summed E-state index contributed by atoms with van der Waals surface area (Å²) < 4.78 is 1.22. The van der Waals surface area contributed by atoms with Gasteiger partial charge in [0.15, 0.2) is 5.78 Å². The SMILES string of the molecule is Cc1c(C(=O)c2ccc(Cl)cc2)c(O)n(C2CCCC2)c(=O)c1C#N. The molecular formula is C19H17ClN2O3. The highest BCUT2D eigenvalue weighted by Crippen LogP contribution is 2.34. The minimum atomic E-state index is -0.531. The summed E-state index contributed by atoms with van der Waals surface area (Å²) in [5, 5.41) is 20.6. The zero-order chi connectivity index (χ0) is 18.1. The third-order valence-electron chi connectivity index (χ3n) is 4.77. The lowest BCUT2D eigenvalue weighted by atomic mass is 9.96. The van der Waals surface area contributed by atoms with Crippen molar-refractivity contribution >= 4 is 17.4 Å². The van der Waals surface area contributed by atoms with Crippen LogP contribution in [0.4, 0.5) is 0 Å². The highest BCUT2D eigenvalue weighted by molar-refractivity contribution is 6.30. The minimum absolute atomic E-state index is 0.00497. The summed E-state index contributed by atoms with van der Waals surface area (Å²) in [6.45, 7) is 1.52. The number of nitrogens with zero attached hydrogens (tertiary/aromatic N) is 2. The molecular weight excluding hydrogens is 340 g/mol. The first-order valence-electron chi connectivity index (χ1n) is 8.14. The van der Waals surface area contributed by atoms with Gasteiger partial charge in [0.25, 0.3) is 5.56 Å². The molecule has 5 nitrogen and oxygen atoms in total. The Balaban J connectivity index is 2.24. The van der Waals surface area contributed by atoms with E-state index >= 15 is 0 Å². The third kappa shape index (κ3) is 2.94. The molecule has 25 heavy (non-hydrogen) atoms. The van der Waals surface area contributed by atoms with Gasteiger partial charge in [-0.3, -0.25) is 14.2 Å². The second-order valence-electron chi connectivity index (χ2n) is 6.26. The molecule has 0 aliphatic heterocycles. The zero-order valence-corrected chi connectivity index (χ0v) is 14.5. The molecule has 0 atom stereocenters. The number of hydrogen-bond donors (Lipinski definition) is 1. The Morgan fingerprint density at radius 3 is 2.44 bits per heavy atom. The molecule has 0 unspecified atom stereocenters. The van der Waals surface area contributed by atoms with Crippen molar-refractivity contribution in [2.75, 3.05) is 0 Å². The summed E-state index contributed by atoms with van der Waals surface area (Å²) in [5.74, 6) is -0.789. The van der Waals surface area contributed by atoms with Crippen LogP contribution in [0.25, 0.3) is 0 Å². The molecule has 0 spiro atoms. The highest BCUT2D eigenvalue weighted by atomic mass is 35.5. The van der Waals surface area contributed by atoms with E-state index in [0.29, 0.717) is 10.6 Å². The van der Waals surface area contributed by atoms with Crippen LogP contribution in [-0.2, 0) is 0 Å². The lowest BCUT2D eigenvalue weighted by Crippen LogP contribution is -2.29. The molecule has 0 saturated heterocycles. The fourth-order valence-electron chi connectivity index (χ4n) is 3.44. The first-order valence-corrected chi connectivity index (χ1v) is 8.52. The van der Waals surface area contributed by atoms with Crippen LogP contribution in [-0.4, -0.2) is 15.5 Å². The van der Waals surface area contributed by atoms with Crippen molar-refractivity contribution in [3.05, 3.63) is 61.9 Å². The summed E-state index contributed by atoms with van der Waals surface area (Å²) in [4.78, 5) is 25.6. The fourth-order valence-corrected chi connectivity index (χ4v) is 3.57. The number of hydrogen-bond acceptors (Lipinski definition) is 4. The van der Waals surface area contributed by atoms with E-state index in [9.17, 15) is 20.0 Å². The van der Waals surface area contributed by atoms with E-state index in [4.69, 9.17) is 11.6 Å². The lowest BCUT2D eigenvalue weighted by molar-refractivity contribution is 0.103. The topological polar surface area (TPSA) is 83.1 Å². The number of ketones is 1. The smallest absolute Gasteiger partial charge is 0.271 e. The number of carbonyl (C=O) groups is 1. The van der Waals surface area contributed by atoms with Gasteiger partial charge < -0.3 is 5.11 Å². The maximum Gasteiger partial charge on any atom is 0.271 e. The van der Waals surface area contributed by atoms with Gasteiger partial charge in [0.2, 0.25) is 5.88 Å². The third-order valence-corrected chi connectivity index (χ3v) is 5.02. The molecule has 1 heterocycles. The molecule has 0 radical (unpaired) electrons. The van der Waals surface area contributed by atoms with Crippen molar-refractivity contribution < 1.29 is 9.90 Å². The van der Waals surface area contributed by atoms with Gasteiger partial charge in [0.05, 0.1) is 5.56 Å². The Kier molecular flexibility index (Phi) is 4.65. The van der Waals surface area contributed by atoms with Crippen LogP contribution in [0.3, 0.4) is 0 Å². The van der Waals surface area contributed by atoms with E-state index in [-0.39, 0.29) is 28.6 Å². The number of nitriles is 1. The highest BCUT2D eigenvalue weighted by Gasteiger charge is 2.29. The van der Waals surface area contributed by atoms with Crippen molar-refractivity contribution in [2.24, 2.45) is 0 Å². The monoisotopic (exact) mass is 356 g/mol. The molecule has 3 rings (SSSR count). The van der Waals surface area contributed by atoms with E-state index in [1.807, 2.05) is 6.07 Å². The summed E-state index contributed by atoms with van der Waals surface area (Å²) in [7, 11) is 0. The molecule has 1 aliphatic rings. The van der Waals surface area contributed by atoms with Crippen molar-refractivity contribution in [3.63, 3.8) is 0 Å². The molecule has 0 amide bonds. The number of aromatic nitrogens is 1. The molecule has 1 aromatic carbocycles. The van der Waals surface area contributed by atoms with Crippen molar-refractivity contribution in [1.82, 2.24) is 4.57 Å². The number of rotatable bonds is 3. The molecule has 128 valence electrons. The van der Waals surface area contributed by atoms with Gasteiger partial charge in [0.1, 0.15) is 11.6 Å². The summed E-state index contributed by atoms with van der Waals surface area (Å²) in [5.41, 5.74) is -0.0769. The maximum absolute atomic E-state index is 12.9. The minimum Gasteiger partial charge on any atom is -0.494 e. The van der Waals surface area contributed by atoms with Gasteiger partial charge in [-0.1, -0.05) is 24.4 Å². The molecule has 0 bridgehead atoms. The van der Waals surface area contributed by atoms with Crippen molar-refractivity contribution in [2.45, 2.75) is 38.6 Å². The number of benzene rings is 1. The van der Waals surface area contributed by atoms with E-state index < -0.39 is 11.3 Å². The van der Waals surface area contributed by atoms with E-state index in [2.05, 4.69) is 0 Å². The molecule has 2 aromatic rings.